The Morgan fingerprint density at radius 2 is 1.10 bits per heavy atom. The summed E-state index contributed by atoms with van der Waals surface area (Å²) in [5.74, 6) is 2.09. The van der Waals surface area contributed by atoms with Crippen molar-refractivity contribution in [1.82, 2.24) is 64.7 Å². The predicted octanol–water partition coefficient (Wildman–Crippen LogP) is 11.9. The molecular formula is C48H50Cl3N17. The largest absolute Gasteiger partial charge is 0.399 e. The van der Waals surface area contributed by atoms with Crippen LogP contribution in [0.25, 0.3) is 37.9 Å². The molecule has 0 saturated heterocycles. The van der Waals surface area contributed by atoms with Crippen LogP contribution in [0.1, 0.15) is 39.6 Å². The summed E-state index contributed by atoms with van der Waals surface area (Å²) in [4.78, 5) is 51.3. The second-order valence-corrected chi connectivity index (χ2v) is 15.1. The quantitative estimate of drug-likeness (QED) is 0.0343. The molecule has 0 fully saturated rings. The van der Waals surface area contributed by atoms with Gasteiger partial charge in [0.15, 0.2) is 5.69 Å². The molecule has 17 nitrogen and oxygen atoms in total. The van der Waals surface area contributed by atoms with Crippen molar-refractivity contribution in [3.8, 4) is 0 Å². The molecule has 0 atom stereocenters. The molecule has 0 bridgehead atoms. The molecule has 0 aliphatic carbocycles. The van der Waals surface area contributed by atoms with Crippen LogP contribution in [0, 0.1) is 6.57 Å². The molecule has 0 aliphatic heterocycles. The molecule has 20 heteroatoms. The molecule has 0 unspecified atom stereocenters. The van der Waals surface area contributed by atoms with Gasteiger partial charge in [-0.1, -0.05) is 69.6 Å². The lowest BCUT2D eigenvalue weighted by Gasteiger charge is -2.13. The Morgan fingerprint density at radius 1 is 0.588 bits per heavy atom. The summed E-state index contributed by atoms with van der Waals surface area (Å²) < 4.78 is 0. The number of nitrogen functional groups attached to an aromatic ring is 1. The number of H-pyrrole nitrogens is 3. The van der Waals surface area contributed by atoms with E-state index >= 15 is 0 Å². The number of benzene rings is 4. The summed E-state index contributed by atoms with van der Waals surface area (Å²) in [6, 6.07) is 30.0. The maximum Gasteiger partial charge on any atom is 0.224 e. The van der Waals surface area contributed by atoms with Crippen LogP contribution in [0.4, 0.5) is 34.4 Å². The Labute approximate surface area is 408 Å². The Hall–Kier alpha value is -7.75. The van der Waals surface area contributed by atoms with Crippen molar-refractivity contribution >= 4 is 102 Å². The van der Waals surface area contributed by atoms with Crippen molar-refractivity contribution in [3.63, 3.8) is 0 Å². The van der Waals surface area contributed by atoms with Gasteiger partial charge in [-0.2, -0.15) is 0 Å². The molecule has 0 aliphatic rings. The minimum atomic E-state index is 0. The highest BCUT2D eigenvalue weighted by Gasteiger charge is 2.05. The number of nitrogens with two attached hydrogens (primary N) is 1. The molecule has 0 spiro atoms. The van der Waals surface area contributed by atoms with E-state index in [0.29, 0.717) is 28.9 Å². The van der Waals surface area contributed by atoms with E-state index < -0.39 is 0 Å². The average molecular weight is 971 g/mol. The van der Waals surface area contributed by atoms with E-state index in [4.69, 9.17) is 47.1 Å². The first-order chi connectivity index (χ1) is 32.6. The number of hydrogen-bond donors (Lipinski definition) is 6. The SMILES string of the molecule is C.CCN(CC)CC.Clc1ccnc(Cl)n1.Clc1nccc(Nc2ccc3nc[nH]c3c2)n1.Nc1ccc2nc[nH]c2c1.[C-]#[N+]c1cccc(Cc2nccc(Nc3ccc4nc[nH]c4c3)n2)c1. The van der Waals surface area contributed by atoms with E-state index in [1.807, 2.05) is 78.9 Å². The third-order valence-electron chi connectivity index (χ3n) is 9.50. The van der Waals surface area contributed by atoms with E-state index in [0.717, 1.165) is 61.5 Å². The van der Waals surface area contributed by atoms with Crippen LogP contribution in [0.15, 0.2) is 135 Å². The fraction of sp³-hybridized carbons (Fsp3) is 0.167. The molecule has 0 saturated carbocycles. The maximum atomic E-state index is 7.10. The molecule has 0 radical (unpaired) electrons. The molecule has 348 valence electrons. The van der Waals surface area contributed by atoms with E-state index in [1.165, 1.54) is 25.8 Å². The van der Waals surface area contributed by atoms with E-state index in [-0.39, 0.29) is 18.0 Å². The Kier molecular flexibility index (Phi) is 19.9. The third kappa shape index (κ3) is 16.0. The van der Waals surface area contributed by atoms with Crippen LogP contribution >= 0.6 is 34.8 Å². The van der Waals surface area contributed by atoms with Crippen LogP contribution < -0.4 is 16.4 Å². The number of fused-ring (bicyclic) bond motifs is 3. The van der Waals surface area contributed by atoms with Crippen LogP contribution in [0.2, 0.25) is 15.7 Å². The van der Waals surface area contributed by atoms with Gasteiger partial charge in [0.05, 0.1) is 58.7 Å². The first-order valence-corrected chi connectivity index (χ1v) is 22.0. The summed E-state index contributed by atoms with van der Waals surface area (Å²) in [5, 5.41) is 7.19. The molecular weight excluding hydrogens is 921 g/mol. The molecule has 6 aromatic heterocycles. The molecule has 68 heavy (non-hydrogen) atoms. The number of nitrogens with one attached hydrogen (secondary N) is 5. The number of rotatable bonds is 9. The monoisotopic (exact) mass is 969 g/mol. The number of anilines is 5. The molecule has 0 amide bonds. The number of imidazole rings is 3. The van der Waals surface area contributed by atoms with E-state index in [1.54, 1.807) is 49.6 Å². The molecule has 4 aromatic carbocycles. The van der Waals surface area contributed by atoms with Crippen molar-refractivity contribution in [2.75, 3.05) is 36.0 Å². The lowest BCUT2D eigenvalue weighted by Crippen LogP contribution is -2.21. The number of aromatic amines is 3. The second-order valence-electron chi connectivity index (χ2n) is 14.0. The molecule has 10 rings (SSSR count). The highest BCUT2D eigenvalue weighted by molar-refractivity contribution is 6.31. The van der Waals surface area contributed by atoms with Gasteiger partial charge < -0.3 is 36.2 Å². The zero-order valence-electron chi connectivity index (χ0n) is 36.7. The van der Waals surface area contributed by atoms with Gasteiger partial charge in [-0.05, 0) is 116 Å². The number of aromatic nitrogens is 12. The van der Waals surface area contributed by atoms with Crippen molar-refractivity contribution in [2.45, 2.75) is 34.6 Å². The number of halogens is 3. The predicted molar refractivity (Wildman–Crippen MR) is 276 cm³/mol. The van der Waals surface area contributed by atoms with Crippen molar-refractivity contribution in [1.29, 1.82) is 0 Å². The fourth-order valence-electron chi connectivity index (χ4n) is 6.14. The summed E-state index contributed by atoms with van der Waals surface area (Å²) >= 11 is 16.5. The third-order valence-corrected chi connectivity index (χ3v) is 10.1. The zero-order valence-corrected chi connectivity index (χ0v) is 38.9. The first-order valence-electron chi connectivity index (χ1n) is 20.8. The minimum Gasteiger partial charge on any atom is -0.399 e. The van der Waals surface area contributed by atoms with Crippen LogP contribution in [0.3, 0.4) is 0 Å². The van der Waals surface area contributed by atoms with Crippen molar-refractivity contribution in [2.24, 2.45) is 0 Å². The molecule has 10 aromatic rings. The number of nitrogens with zero attached hydrogens (tertiary/aromatic N) is 11. The van der Waals surface area contributed by atoms with Gasteiger partial charge in [-0.3, -0.25) is 0 Å². The first kappa shape index (κ1) is 51.2. The fourth-order valence-corrected chi connectivity index (χ4v) is 6.61. The highest BCUT2D eigenvalue weighted by Crippen LogP contribution is 2.22. The molecule has 6 heterocycles. The Morgan fingerprint density at radius 3 is 1.60 bits per heavy atom. The average Bonchev–Trinajstić information content (AvgIpc) is 4.12. The van der Waals surface area contributed by atoms with Gasteiger partial charge in [0.25, 0.3) is 0 Å². The van der Waals surface area contributed by atoms with E-state index in [2.05, 4.69) is 101 Å². The van der Waals surface area contributed by atoms with Gasteiger partial charge in [-0.25, -0.2) is 49.7 Å². The van der Waals surface area contributed by atoms with Gasteiger partial charge in [0, 0.05) is 42.1 Å². The standard InChI is InChI=1S/C19H14N6.C11H8ClN5.C7H7N3.C6H15N.C4H2Cl2N2.CH4/c1-20-14-4-2-3-13(9-14)10-19-21-8-7-18(25-19)24-15-5-6-16-17(11-15)23-12-22-16;12-11-13-4-3-10(17-11)16-7-1-2-8-9(5-7)15-6-14-8;8-5-1-2-6-7(3-5)10-4-9-6;1-4-7(5-2)6-3;5-3-1-2-7-4(6)8-3;/h2-9,11-12H,10H2,(H,22,23)(H,21,24,25);1-6H,(H,14,15)(H,13,16,17);1-4H,8H2,(H,9,10);4-6H2,1-3H3;1-2H;1H4. The normalized spacial score (nSPS) is 10.2. The van der Waals surface area contributed by atoms with Crippen LogP contribution in [0.5, 0.6) is 0 Å². The maximum absolute atomic E-state index is 7.10. The topological polar surface area (TPSA) is 221 Å². The van der Waals surface area contributed by atoms with Crippen molar-refractivity contribution < 1.29 is 0 Å². The Balaban J connectivity index is 0.000000173. The highest BCUT2D eigenvalue weighted by atomic mass is 35.5. The van der Waals surface area contributed by atoms with Gasteiger partial charge in [0.1, 0.15) is 22.6 Å². The Bertz CT molecular complexity index is 3120. The van der Waals surface area contributed by atoms with Gasteiger partial charge in [0.2, 0.25) is 10.6 Å². The lowest BCUT2D eigenvalue weighted by atomic mass is 10.1. The smallest absolute Gasteiger partial charge is 0.224 e. The summed E-state index contributed by atoms with van der Waals surface area (Å²) in [6.07, 6.45) is 10.4. The van der Waals surface area contributed by atoms with Crippen LogP contribution in [-0.2, 0) is 6.42 Å². The van der Waals surface area contributed by atoms with Gasteiger partial charge >= 0.3 is 0 Å². The van der Waals surface area contributed by atoms with Crippen molar-refractivity contribution in [3.05, 3.63) is 173 Å². The lowest BCUT2D eigenvalue weighted by molar-refractivity contribution is 0.321. The van der Waals surface area contributed by atoms with Gasteiger partial charge in [-0.15, -0.1) is 0 Å². The van der Waals surface area contributed by atoms with E-state index in [9.17, 15) is 0 Å². The summed E-state index contributed by atoms with van der Waals surface area (Å²) in [5.41, 5.74) is 15.5. The summed E-state index contributed by atoms with van der Waals surface area (Å²) in [6.45, 7) is 17.2. The van der Waals surface area contributed by atoms with Crippen LogP contribution in [-0.4, -0.2) is 84.3 Å². The number of hydrogen-bond acceptors (Lipinski definition) is 13. The second kappa shape index (κ2) is 26.4. The zero-order chi connectivity index (χ0) is 47.4. The minimum absolute atomic E-state index is 0. The summed E-state index contributed by atoms with van der Waals surface area (Å²) in [7, 11) is 0. The molecule has 7 N–H and O–H groups in total.